The van der Waals surface area contributed by atoms with Gasteiger partial charge in [0.2, 0.25) is 0 Å². The van der Waals surface area contributed by atoms with E-state index in [4.69, 9.17) is 16.0 Å². The van der Waals surface area contributed by atoms with Crippen LogP contribution >= 0.6 is 11.6 Å². The van der Waals surface area contributed by atoms with E-state index in [-0.39, 0.29) is 17.7 Å². The van der Waals surface area contributed by atoms with Crippen molar-refractivity contribution in [3.05, 3.63) is 62.9 Å². The van der Waals surface area contributed by atoms with Gasteiger partial charge in [-0.15, -0.1) is 0 Å². The third-order valence-electron chi connectivity index (χ3n) is 5.05. The molecule has 0 spiro atoms. The molecule has 0 radical (unpaired) electrons. The number of halogens is 1. The molecule has 1 aromatic carbocycles. The molecule has 3 aromatic rings. The third-order valence-corrected chi connectivity index (χ3v) is 5.25. The fourth-order valence-corrected chi connectivity index (χ4v) is 4.00. The maximum absolute atomic E-state index is 12.8. The van der Waals surface area contributed by atoms with Crippen LogP contribution in [0.25, 0.3) is 11.1 Å². The minimum Gasteiger partial charge on any atom is -0.408 e. The molecule has 1 aliphatic heterocycles. The van der Waals surface area contributed by atoms with Gasteiger partial charge in [-0.05, 0) is 56.5 Å². The standard InChI is InChI=1S/C20H20ClN3O3/c1-12-3-4-16-17(9-12)27-20(26)24(16)15-5-7-23(8-6-15)19(25)14-10-13(2)22-18(21)11-14/h3-4,9-11,15H,5-8H2,1-2H3. The first-order valence-corrected chi connectivity index (χ1v) is 9.35. The smallest absolute Gasteiger partial charge is 0.408 e. The number of rotatable bonds is 2. The van der Waals surface area contributed by atoms with E-state index in [1.54, 1.807) is 21.6 Å². The molecule has 1 fully saturated rings. The Morgan fingerprint density at radius 2 is 1.93 bits per heavy atom. The van der Waals surface area contributed by atoms with Crippen LogP contribution in [-0.4, -0.2) is 33.4 Å². The highest BCUT2D eigenvalue weighted by Gasteiger charge is 2.27. The number of fused-ring (bicyclic) bond motifs is 1. The van der Waals surface area contributed by atoms with Gasteiger partial charge in [0.25, 0.3) is 5.91 Å². The number of amides is 1. The van der Waals surface area contributed by atoms with Crippen molar-refractivity contribution in [1.82, 2.24) is 14.5 Å². The zero-order valence-corrected chi connectivity index (χ0v) is 16.0. The Morgan fingerprint density at radius 1 is 1.19 bits per heavy atom. The van der Waals surface area contributed by atoms with Gasteiger partial charge in [0.15, 0.2) is 5.58 Å². The molecular weight excluding hydrogens is 366 g/mol. The number of carbonyl (C=O) groups is 1. The number of benzene rings is 1. The molecule has 1 saturated heterocycles. The SMILES string of the molecule is Cc1ccc2c(c1)oc(=O)n2C1CCN(C(=O)c2cc(C)nc(Cl)c2)CC1. The van der Waals surface area contributed by atoms with Crippen molar-refractivity contribution < 1.29 is 9.21 Å². The summed E-state index contributed by atoms with van der Waals surface area (Å²) in [6.07, 6.45) is 1.40. The van der Waals surface area contributed by atoms with Crippen molar-refractivity contribution in [2.24, 2.45) is 0 Å². The molecule has 6 nitrogen and oxygen atoms in total. The van der Waals surface area contributed by atoms with Crippen molar-refractivity contribution in [1.29, 1.82) is 0 Å². The Bertz CT molecular complexity index is 1060. The van der Waals surface area contributed by atoms with E-state index in [1.807, 2.05) is 32.0 Å². The number of hydrogen-bond acceptors (Lipinski definition) is 4. The van der Waals surface area contributed by atoms with Gasteiger partial charge < -0.3 is 9.32 Å². The molecule has 0 unspecified atom stereocenters. The zero-order valence-electron chi connectivity index (χ0n) is 15.2. The number of hydrogen-bond donors (Lipinski definition) is 0. The second kappa shape index (κ2) is 6.85. The molecule has 140 valence electrons. The molecule has 2 aromatic heterocycles. The lowest BCUT2D eigenvalue weighted by molar-refractivity contribution is 0.0693. The fraction of sp³-hybridized carbons (Fsp3) is 0.350. The van der Waals surface area contributed by atoms with Crippen molar-refractivity contribution in [3.63, 3.8) is 0 Å². The molecule has 0 saturated carbocycles. The molecule has 0 atom stereocenters. The van der Waals surface area contributed by atoms with Crippen LogP contribution in [-0.2, 0) is 0 Å². The number of aromatic nitrogens is 2. The zero-order chi connectivity index (χ0) is 19.1. The fourth-order valence-electron chi connectivity index (χ4n) is 3.75. The molecule has 0 bridgehead atoms. The van der Waals surface area contributed by atoms with Crippen LogP contribution < -0.4 is 5.76 Å². The highest BCUT2D eigenvalue weighted by molar-refractivity contribution is 6.29. The van der Waals surface area contributed by atoms with Crippen molar-refractivity contribution in [3.8, 4) is 0 Å². The first-order valence-electron chi connectivity index (χ1n) is 8.97. The number of piperidine rings is 1. The molecule has 7 heteroatoms. The Kier molecular flexibility index (Phi) is 4.52. The van der Waals surface area contributed by atoms with Gasteiger partial charge >= 0.3 is 5.76 Å². The summed E-state index contributed by atoms with van der Waals surface area (Å²) in [6, 6.07) is 9.14. The molecule has 4 rings (SSSR count). The first-order chi connectivity index (χ1) is 12.9. The number of oxazole rings is 1. The topological polar surface area (TPSA) is 68.3 Å². The summed E-state index contributed by atoms with van der Waals surface area (Å²) in [5.74, 6) is -0.391. The molecule has 27 heavy (non-hydrogen) atoms. The van der Waals surface area contributed by atoms with Crippen LogP contribution in [0.5, 0.6) is 0 Å². The molecule has 3 heterocycles. The quantitative estimate of drug-likeness (QED) is 0.630. The molecule has 1 aliphatic rings. The van der Waals surface area contributed by atoms with Crippen molar-refractivity contribution >= 4 is 28.6 Å². The summed E-state index contributed by atoms with van der Waals surface area (Å²) in [4.78, 5) is 31.0. The van der Waals surface area contributed by atoms with E-state index < -0.39 is 0 Å². The Labute approximate surface area is 161 Å². The van der Waals surface area contributed by atoms with Crippen LogP contribution in [0.3, 0.4) is 0 Å². The van der Waals surface area contributed by atoms with E-state index in [1.165, 1.54) is 0 Å². The Morgan fingerprint density at radius 3 is 2.63 bits per heavy atom. The normalized spacial score (nSPS) is 15.4. The molecule has 0 aliphatic carbocycles. The number of aryl methyl sites for hydroxylation is 2. The monoisotopic (exact) mass is 385 g/mol. The highest BCUT2D eigenvalue weighted by Crippen LogP contribution is 2.27. The second-order valence-corrected chi connectivity index (χ2v) is 7.44. The average molecular weight is 386 g/mol. The second-order valence-electron chi connectivity index (χ2n) is 7.05. The minimum atomic E-state index is -0.336. The van der Waals surface area contributed by atoms with E-state index in [2.05, 4.69) is 4.98 Å². The minimum absolute atomic E-state index is 0.0215. The lowest BCUT2D eigenvalue weighted by atomic mass is 10.0. The molecular formula is C20H20ClN3O3. The van der Waals surface area contributed by atoms with E-state index in [0.717, 1.165) is 11.1 Å². The third kappa shape index (κ3) is 3.37. The number of pyridine rings is 1. The summed E-state index contributed by atoms with van der Waals surface area (Å²) in [7, 11) is 0. The Hall–Kier alpha value is -2.60. The van der Waals surface area contributed by atoms with Gasteiger partial charge in [-0.1, -0.05) is 17.7 Å². The van der Waals surface area contributed by atoms with Gasteiger partial charge in [-0.2, -0.15) is 0 Å². The first kappa shape index (κ1) is 17.8. The van der Waals surface area contributed by atoms with Crippen LogP contribution in [0.15, 0.2) is 39.5 Å². The predicted octanol–water partition coefficient (Wildman–Crippen LogP) is 3.74. The molecule has 1 amide bonds. The van der Waals surface area contributed by atoms with E-state index in [0.29, 0.717) is 47.9 Å². The van der Waals surface area contributed by atoms with Gasteiger partial charge in [-0.25, -0.2) is 9.78 Å². The maximum atomic E-state index is 12.8. The van der Waals surface area contributed by atoms with Crippen LogP contribution in [0.4, 0.5) is 0 Å². The van der Waals surface area contributed by atoms with E-state index >= 15 is 0 Å². The largest absolute Gasteiger partial charge is 0.420 e. The molecule has 0 N–H and O–H groups in total. The number of nitrogens with zero attached hydrogens (tertiary/aromatic N) is 3. The lowest BCUT2D eigenvalue weighted by Crippen LogP contribution is -2.40. The number of carbonyl (C=O) groups excluding carboxylic acids is 1. The summed E-state index contributed by atoms with van der Waals surface area (Å²) in [6.45, 7) is 4.93. The van der Waals surface area contributed by atoms with Crippen LogP contribution in [0.2, 0.25) is 5.15 Å². The Balaban J connectivity index is 1.53. The van der Waals surface area contributed by atoms with Gasteiger partial charge in [-0.3, -0.25) is 9.36 Å². The summed E-state index contributed by atoms with van der Waals surface area (Å²) >= 11 is 5.98. The van der Waals surface area contributed by atoms with Crippen molar-refractivity contribution in [2.45, 2.75) is 32.7 Å². The predicted molar refractivity (Wildman–Crippen MR) is 103 cm³/mol. The number of likely N-dealkylation sites (tertiary alicyclic amines) is 1. The average Bonchev–Trinajstić information content (AvgIpc) is 2.95. The van der Waals surface area contributed by atoms with Gasteiger partial charge in [0.05, 0.1) is 5.52 Å². The van der Waals surface area contributed by atoms with Gasteiger partial charge in [0, 0.05) is 30.4 Å². The van der Waals surface area contributed by atoms with Crippen molar-refractivity contribution in [2.75, 3.05) is 13.1 Å². The lowest BCUT2D eigenvalue weighted by Gasteiger charge is -2.32. The van der Waals surface area contributed by atoms with Crippen LogP contribution in [0.1, 0.15) is 40.5 Å². The summed E-state index contributed by atoms with van der Waals surface area (Å²) < 4.78 is 7.13. The van der Waals surface area contributed by atoms with Crippen LogP contribution in [0, 0.1) is 13.8 Å². The highest BCUT2D eigenvalue weighted by atomic mass is 35.5. The van der Waals surface area contributed by atoms with E-state index in [9.17, 15) is 9.59 Å². The summed E-state index contributed by atoms with van der Waals surface area (Å²) in [5.41, 5.74) is 3.74. The maximum Gasteiger partial charge on any atom is 0.420 e. The van der Waals surface area contributed by atoms with Gasteiger partial charge in [0.1, 0.15) is 5.15 Å². The summed E-state index contributed by atoms with van der Waals surface area (Å²) in [5, 5.41) is 0.319.